The van der Waals surface area contributed by atoms with Crippen LogP contribution in [-0.4, -0.2) is 18.2 Å². The van der Waals surface area contributed by atoms with E-state index in [-0.39, 0.29) is 24.2 Å². The highest BCUT2D eigenvalue weighted by Crippen LogP contribution is 2.29. The Balaban J connectivity index is 2.10. The van der Waals surface area contributed by atoms with Crippen molar-refractivity contribution in [3.05, 3.63) is 0 Å². The number of carbonyl (C=O) groups excluding carboxylic acids is 2. The van der Waals surface area contributed by atoms with Gasteiger partial charge >= 0.3 is 0 Å². The van der Waals surface area contributed by atoms with Crippen LogP contribution in [0, 0.1) is 5.92 Å². The van der Waals surface area contributed by atoms with Crippen molar-refractivity contribution in [1.82, 2.24) is 5.32 Å². The van der Waals surface area contributed by atoms with Gasteiger partial charge in [-0.3, -0.25) is 9.59 Å². The number of carbonyl (C=O) groups is 2. The minimum absolute atomic E-state index is 0.0426. The minimum Gasteiger partial charge on any atom is -0.349 e. The van der Waals surface area contributed by atoms with Crippen LogP contribution in [-0.2, 0) is 9.59 Å². The number of rotatable bonds is 4. The van der Waals surface area contributed by atoms with E-state index in [1.807, 2.05) is 0 Å². The molecule has 0 aromatic carbocycles. The summed E-state index contributed by atoms with van der Waals surface area (Å²) in [6, 6.07) is 0. The van der Waals surface area contributed by atoms with E-state index >= 15 is 0 Å². The average Bonchev–Trinajstić information content (AvgIpc) is 2.81. The van der Waals surface area contributed by atoms with Gasteiger partial charge in [0.05, 0.1) is 6.54 Å². The molecular formula is C8H13NO2. The monoisotopic (exact) mass is 155 g/mol. The number of hydrogen-bond acceptors (Lipinski definition) is 2. The zero-order valence-electron chi connectivity index (χ0n) is 6.72. The van der Waals surface area contributed by atoms with E-state index in [9.17, 15) is 9.59 Å². The first-order chi connectivity index (χ1) is 5.24. The lowest BCUT2D eigenvalue weighted by Gasteiger charge is -2.00. The first kappa shape index (κ1) is 8.24. The summed E-state index contributed by atoms with van der Waals surface area (Å²) in [5.41, 5.74) is 0. The van der Waals surface area contributed by atoms with Gasteiger partial charge in [0.2, 0.25) is 5.91 Å². The van der Waals surface area contributed by atoms with Crippen LogP contribution < -0.4 is 5.32 Å². The molecule has 0 aromatic heterocycles. The Kier molecular flexibility index (Phi) is 2.63. The Morgan fingerprint density at radius 2 is 2.09 bits per heavy atom. The Labute approximate surface area is 66.2 Å². The zero-order valence-corrected chi connectivity index (χ0v) is 6.72. The van der Waals surface area contributed by atoms with Gasteiger partial charge in [-0.2, -0.15) is 0 Å². The van der Waals surface area contributed by atoms with Gasteiger partial charge in [-0.25, -0.2) is 0 Å². The lowest BCUT2D eigenvalue weighted by Crippen LogP contribution is -2.29. The molecule has 0 heterocycles. The van der Waals surface area contributed by atoms with Gasteiger partial charge in [0.15, 0.2) is 5.78 Å². The Bertz CT molecular complexity index is 173. The van der Waals surface area contributed by atoms with Crippen molar-refractivity contribution >= 4 is 11.7 Å². The Morgan fingerprint density at radius 3 is 2.55 bits per heavy atom. The summed E-state index contributed by atoms with van der Waals surface area (Å²) in [7, 11) is 0. The number of ketones is 1. The van der Waals surface area contributed by atoms with Crippen LogP contribution in [0.2, 0.25) is 0 Å². The summed E-state index contributed by atoms with van der Waals surface area (Å²) in [5.74, 6) is 0.401. The Hall–Kier alpha value is -0.860. The number of nitrogens with one attached hydrogen (secondary N) is 1. The third-order valence-electron chi connectivity index (χ3n) is 1.81. The third-order valence-corrected chi connectivity index (χ3v) is 1.81. The van der Waals surface area contributed by atoms with Crippen molar-refractivity contribution in [2.24, 2.45) is 5.92 Å². The van der Waals surface area contributed by atoms with E-state index in [0.29, 0.717) is 6.42 Å². The van der Waals surface area contributed by atoms with Gasteiger partial charge in [0, 0.05) is 12.3 Å². The molecule has 0 atom stereocenters. The summed E-state index contributed by atoms with van der Waals surface area (Å²) >= 11 is 0. The Morgan fingerprint density at radius 1 is 1.45 bits per heavy atom. The molecule has 0 spiro atoms. The SMILES string of the molecule is CCC(=O)NCC(=O)C1CC1. The molecule has 0 aromatic rings. The summed E-state index contributed by atoms with van der Waals surface area (Å²) < 4.78 is 0. The van der Waals surface area contributed by atoms with Gasteiger partial charge in [-0.05, 0) is 12.8 Å². The molecule has 1 saturated carbocycles. The summed E-state index contributed by atoms with van der Waals surface area (Å²) in [6.45, 7) is 2.01. The van der Waals surface area contributed by atoms with Crippen molar-refractivity contribution in [2.75, 3.05) is 6.54 Å². The van der Waals surface area contributed by atoms with Crippen LogP contribution >= 0.6 is 0 Å². The highest BCUT2D eigenvalue weighted by atomic mass is 16.2. The molecule has 0 unspecified atom stereocenters. The van der Waals surface area contributed by atoms with Crippen molar-refractivity contribution < 1.29 is 9.59 Å². The van der Waals surface area contributed by atoms with Crippen LogP contribution in [0.15, 0.2) is 0 Å². The fraction of sp³-hybridized carbons (Fsp3) is 0.750. The largest absolute Gasteiger partial charge is 0.349 e. The molecule has 1 N–H and O–H groups in total. The van der Waals surface area contributed by atoms with Crippen LogP contribution in [0.3, 0.4) is 0 Å². The van der Waals surface area contributed by atoms with Gasteiger partial charge in [-0.1, -0.05) is 6.92 Å². The molecular weight excluding hydrogens is 142 g/mol. The predicted molar refractivity (Wildman–Crippen MR) is 41.0 cm³/mol. The van der Waals surface area contributed by atoms with E-state index in [4.69, 9.17) is 0 Å². The first-order valence-corrected chi connectivity index (χ1v) is 4.03. The lowest BCUT2D eigenvalue weighted by atomic mass is 10.2. The average molecular weight is 155 g/mol. The number of amides is 1. The topological polar surface area (TPSA) is 46.2 Å². The van der Waals surface area contributed by atoms with Gasteiger partial charge < -0.3 is 5.32 Å². The normalized spacial score (nSPS) is 16.1. The molecule has 3 nitrogen and oxygen atoms in total. The van der Waals surface area contributed by atoms with Crippen molar-refractivity contribution in [3.8, 4) is 0 Å². The summed E-state index contributed by atoms with van der Waals surface area (Å²) in [5, 5.41) is 2.56. The maximum Gasteiger partial charge on any atom is 0.220 e. The molecule has 0 bridgehead atoms. The third kappa shape index (κ3) is 2.70. The second-order valence-electron chi connectivity index (χ2n) is 2.87. The van der Waals surface area contributed by atoms with E-state index in [0.717, 1.165) is 12.8 Å². The van der Waals surface area contributed by atoms with E-state index in [1.54, 1.807) is 6.92 Å². The fourth-order valence-electron chi connectivity index (χ4n) is 0.860. The van der Waals surface area contributed by atoms with Crippen LogP contribution in [0.25, 0.3) is 0 Å². The van der Waals surface area contributed by atoms with Gasteiger partial charge in [-0.15, -0.1) is 0 Å². The fourth-order valence-corrected chi connectivity index (χ4v) is 0.860. The van der Waals surface area contributed by atoms with Crippen LogP contribution in [0.5, 0.6) is 0 Å². The lowest BCUT2D eigenvalue weighted by molar-refractivity contribution is -0.125. The van der Waals surface area contributed by atoms with E-state index in [1.165, 1.54) is 0 Å². The summed E-state index contributed by atoms with van der Waals surface area (Å²) in [6.07, 6.45) is 2.49. The quantitative estimate of drug-likeness (QED) is 0.642. The van der Waals surface area contributed by atoms with Crippen LogP contribution in [0.4, 0.5) is 0 Å². The second-order valence-corrected chi connectivity index (χ2v) is 2.87. The maximum absolute atomic E-state index is 11.0. The minimum atomic E-state index is -0.0426. The van der Waals surface area contributed by atoms with E-state index < -0.39 is 0 Å². The zero-order chi connectivity index (χ0) is 8.27. The molecule has 1 aliphatic rings. The molecule has 1 rings (SSSR count). The smallest absolute Gasteiger partial charge is 0.220 e. The molecule has 0 aliphatic heterocycles. The van der Waals surface area contributed by atoms with Gasteiger partial charge in [0.25, 0.3) is 0 Å². The summed E-state index contributed by atoms with van der Waals surface area (Å²) in [4.78, 5) is 21.7. The molecule has 0 radical (unpaired) electrons. The number of hydrogen-bond donors (Lipinski definition) is 1. The van der Waals surface area contributed by atoms with Gasteiger partial charge in [0.1, 0.15) is 0 Å². The predicted octanol–water partition coefficient (Wildman–Crippen LogP) is 0.492. The molecule has 1 amide bonds. The molecule has 0 saturated heterocycles. The van der Waals surface area contributed by atoms with Crippen LogP contribution in [0.1, 0.15) is 26.2 Å². The number of Topliss-reactive ketones (excluding diaryl/α,β-unsaturated/α-hetero) is 1. The van der Waals surface area contributed by atoms with Crippen molar-refractivity contribution in [1.29, 1.82) is 0 Å². The second kappa shape index (κ2) is 3.51. The highest BCUT2D eigenvalue weighted by Gasteiger charge is 2.28. The molecule has 62 valence electrons. The van der Waals surface area contributed by atoms with Crippen molar-refractivity contribution in [2.45, 2.75) is 26.2 Å². The molecule has 1 fully saturated rings. The van der Waals surface area contributed by atoms with Crippen molar-refractivity contribution in [3.63, 3.8) is 0 Å². The first-order valence-electron chi connectivity index (χ1n) is 4.03. The molecule has 3 heteroatoms. The van der Waals surface area contributed by atoms with E-state index in [2.05, 4.69) is 5.32 Å². The standard InChI is InChI=1S/C8H13NO2/c1-2-8(11)9-5-7(10)6-3-4-6/h6H,2-5H2,1H3,(H,9,11). The molecule has 1 aliphatic carbocycles. The molecule has 11 heavy (non-hydrogen) atoms. The maximum atomic E-state index is 11.0. The highest BCUT2D eigenvalue weighted by molar-refractivity contribution is 5.88.